The molecule has 1 aromatic rings. The molecule has 2 unspecified atom stereocenters. The van der Waals surface area contributed by atoms with Crippen LogP contribution >= 0.6 is 0 Å². The Bertz CT molecular complexity index is 565. The van der Waals surface area contributed by atoms with Gasteiger partial charge in [0, 0.05) is 24.9 Å². The van der Waals surface area contributed by atoms with Crippen LogP contribution in [-0.4, -0.2) is 24.3 Å². The Kier molecular flexibility index (Phi) is 4.97. The highest BCUT2D eigenvalue weighted by atomic mass is 19.4. The van der Waals surface area contributed by atoms with Crippen LogP contribution < -0.4 is 4.90 Å². The van der Waals surface area contributed by atoms with Gasteiger partial charge in [0.1, 0.15) is 0 Å². The van der Waals surface area contributed by atoms with Gasteiger partial charge in [-0.2, -0.15) is 18.4 Å². The fraction of sp³-hybridized carbons (Fsp3) is 0.562. The maximum Gasteiger partial charge on any atom is 0.417 e. The fourth-order valence-electron chi connectivity index (χ4n) is 3.07. The molecule has 0 aliphatic carbocycles. The predicted octanol–water partition coefficient (Wildman–Crippen LogP) is 3.56. The van der Waals surface area contributed by atoms with Crippen molar-refractivity contribution >= 4 is 5.69 Å². The number of nitrogens with zero attached hydrogens (tertiary/aromatic N) is 2. The zero-order valence-corrected chi connectivity index (χ0v) is 12.4. The molecular weight excluding hydrogens is 293 g/mol. The number of aliphatic hydroxyl groups is 1. The third-order valence-corrected chi connectivity index (χ3v) is 4.31. The van der Waals surface area contributed by atoms with E-state index in [1.165, 1.54) is 6.07 Å². The first-order valence-electron chi connectivity index (χ1n) is 7.39. The van der Waals surface area contributed by atoms with Gasteiger partial charge in [-0.25, -0.2) is 0 Å². The smallest absolute Gasteiger partial charge is 0.396 e. The minimum absolute atomic E-state index is 0.111. The van der Waals surface area contributed by atoms with Gasteiger partial charge in [-0.1, -0.05) is 6.92 Å². The monoisotopic (exact) mass is 312 g/mol. The summed E-state index contributed by atoms with van der Waals surface area (Å²) in [4.78, 5) is 1.96. The summed E-state index contributed by atoms with van der Waals surface area (Å²) < 4.78 is 39.2. The van der Waals surface area contributed by atoms with Crippen molar-refractivity contribution in [2.45, 2.75) is 38.4 Å². The van der Waals surface area contributed by atoms with Crippen LogP contribution in [0.1, 0.15) is 37.3 Å². The van der Waals surface area contributed by atoms with Crippen LogP contribution in [0, 0.1) is 17.2 Å². The number of alkyl halides is 3. The first kappa shape index (κ1) is 16.6. The molecule has 0 saturated carbocycles. The van der Waals surface area contributed by atoms with Crippen LogP contribution in [0.2, 0.25) is 0 Å². The van der Waals surface area contributed by atoms with E-state index < -0.39 is 11.7 Å². The highest BCUT2D eigenvalue weighted by Crippen LogP contribution is 2.36. The third kappa shape index (κ3) is 3.36. The summed E-state index contributed by atoms with van der Waals surface area (Å²) in [6.45, 7) is 2.73. The van der Waals surface area contributed by atoms with E-state index in [0.29, 0.717) is 12.2 Å². The van der Waals surface area contributed by atoms with Crippen LogP contribution in [0.3, 0.4) is 0 Å². The van der Waals surface area contributed by atoms with Gasteiger partial charge in [0.15, 0.2) is 0 Å². The third-order valence-electron chi connectivity index (χ3n) is 4.31. The first-order valence-corrected chi connectivity index (χ1v) is 7.39. The molecule has 1 aliphatic heterocycles. The highest BCUT2D eigenvalue weighted by Gasteiger charge is 2.35. The van der Waals surface area contributed by atoms with Gasteiger partial charge < -0.3 is 10.0 Å². The van der Waals surface area contributed by atoms with Crippen molar-refractivity contribution in [3.05, 3.63) is 29.3 Å². The van der Waals surface area contributed by atoms with Crippen molar-refractivity contribution in [1.29, 1.82) is 5.26 Å². The van der Waals surface area contributed by atoms with Crippen molar-refractivity contribution in [1.82, 2.24) is 0 Å². The number of benzene rings is 1. The largest absolute Gasteiger partial charge is 0.417 e. The van der Waals surface area contributed by atoms with E-state index >= 15 is 0 Å². The van der Waals surface area contributed by atoms with Gasteiger partial charge in [0.2, 0.25) is 0 Å². The van der Waals surface area contributed by atoms with Gasteiger partial charge in [-0.05, 0) is 43.4 Å². The molecule has 120 valence electrons. The number of rotatable bonds is 3. The zero-order chi connectivity index (χ0) is 16.3. The molecule has 0 aromatic heterocycles. The summed E-state index contributed by atoms with van der Waals surface area (Å²) in [6, 6.07) is 5.60. The fourth-order valence-corrected chi connectivity index (χ4v) is 3.07. The Balaban J connectivity index is 2.35. The van der Waals surface area contributed by atoms with E-state index in [2.05, 4.69) is 0 Å². The molecule has 1 aromatic carbocycles. The lowest BCUT2D eigenvalue weighted by molar-refractivity contribution is -0.137. The summed E-state index contributed by atoms with van der Waals surface area (Å²) >= 11 is 0. The van der Waals surface area contributed by atoms with Crippen LogP contribution in [0.4, 0.5) is 18.9 Å². The average molecular weight is 312 g/mol. The lowest BCUT2D eigenvalue weighted by Gasteiger charge is -2.40. The number of aliphatic hydroxyl groups excluding tert-OH is 1. The van der Waals surface area contributed by atoms with Crippen LogP contribution in [0.25, 0.3) is 0 Å². The second-order valence-corrected chi connectivity index (χ2v) is 5.67. The van der Waals surface area contributed by atoms with Gasteiger partial charge in [-0.15, -0.1) is 0 Å². The lowest BCUT2D eigenvalue weighted by atomic mass is 9.89. The molecular formula is C16H19F3N2O. The maximum absolute atomic E-state index is 13.1. The zero-order valence-electron chi connectivity index (χ0n) is 12.4. The molecule has 2 rings (SSSR count). The standard InChI is InChI=1S/C16H19F3N2O/c1-2-13-7-11(10-22)5-6-21(13)14-4-3-12(9-20)15(8-14)16(17,18)19/h3-4,8,11,13,22H,2,5-7,10H2,1H3. The number of halogens is 3. The number of hydrogen-bond donors (Lipinski definition) is 1. The predicted molar refractivity (Wildman–Crippen MR) is 77.4 cm³/mol. The van der Waals surface area contributed by atoms with E-state index in [4.69, 9.17) is 5.26 Å². The van der Waals surface area contributed by atoms with E-state index in [-0.39, 0.29) is 24.1 Å². The topological polar surface area (TPSA) is 47.3 Å². The molecule has 6 heteroatoms. The van der Waals surface area contributed by atoms with Crippen LogP contribution in [-0.2, 0) is 6.18 Å². The van der Waals surface area contributed by atoms with E-state index in [9.17, 15) is 18.3 Å². The Labute approximate surface area is 128 Å². The van der Waals surface area contributed by atoms with Gasteiger partial charge >= 0.3 is 6.18 Å². The van der Waals surface area contributed by atoms with Crippen molar-refractivity contribution in [3.63, 3.8) is 0 Å². The summed E-state index contributed by atoms with van der Waals surface area (Å²) in [6.07, 6.45) is -2.20. The first-order chi connectivity index (χ1) is 10.4. The number of nitriles is 1. The number of anilines is 1. The number of hydrogen-bond acceptors (Lipinski definition) is 3. The van der Waals surface area contributed by atoms with Crippen LogP contribution in [0.15, 0.2) is 18.2 Å². The van der Waals surface area contributed by atoms with Gasteiger partial charge in [0.05, 0.1) is 17.2 Å². The molecule has 1 N–H and O–H groups in total. The quantitative estimate of drug-likeness (QED) is 0.928. The normalized spacial score (nSPS) is 22.5. The summed E-state index contributed by atoms with van der Waals surface area (Å²) in [5.41, 5.74) is -0.740. The summed E-state index contributed by atoms with van der Waals surface area (Å²) in [7, 11) is 0. The molecule has 0 bridgehead atoms. The van der Waals surface area contributed by atoms with Crippen molar-refractivity contribution < 1.29 is 18.3 Å². The molecule has 1 heterocycles. The van der Waals surface area contributed by atoms with Gasteiger partial charge in [0.25, 0.3) is 0 Å². The molecule has 22 heavy (non-hydrogen) atoms. The molecule has 2 atom stereocenters. The Morgan fingerprint density at radius 2 is 2.14 bits per heavy atom. The molecule has 1 fully saturated rings. The van der Waals surface area contributed by atoms with E-state index in [1.807, 2.05) is 11.8 Å². The Hall–Kier alpha value is -1.74. The van der Waals surface area contributed by atoms with Crippen molar-refractivity contribution in [3.8, 4) is 6.07 Å². The van der Waals surface area contributed by atoms with E-state index in [1.54, 1.807) is 12.1 Å². The Morgan fingerprint density at radius 3 is 2.68 bits per heavy atom. The Morgan fingerprint density at radius 1 is 1.41 bits per heavy atom. The summed E-state index contributed by atoms with van der Waals surface area (Å²) in [5, 5.41) is 18.1. The minimum atomic E-state index is -4.54. The summed E-state index contributed by atoms with van der Waals surface area (Å²) in [5.74, 6) is 0.210. The molecule has 0 radical (unpaired) electrons. The second-order valence-electron chi connectivity index (χ2n) is 5.67. The second kappa shape index (κ2) is 6.57. The lowest BCUT2D eigenvalue weighted by Crippen LogP contribution is -2.43. The number of piperidine rings is 1. The average Bonchev–Trinajstić information content (AvgIpc) is 2.52. The maximum atomic E-state index is 13.1. The van der Waals surface area contributed by atoms with Crippen LogP contribution in [0.5, 0.6) is 0 Å². The molecule has 1 saturated heterocycles. The molecule has 3 nitrogen and oxygen atoms in total. The SMILES string of the molecule is CCC1CC(CO)CCN1c1ccc(C#N)c(C(F)(F)F)c1. The minimum Gasteiger partial charge on any atom is -0.396 e. The van der Waals surface area contributed by atoms with E-state index in [0.717, 1.165) is 25.3 Å². The highest BCUT2D eigenvalue weighted by molar-refractivity contribution is 5.55. The van der Waals surface area contributed by atoms with Crippen molar-refractivity contribution in [2.24, 2.45) is 5.92 Å². The molecule has 0 spiro atoms. The van der Waals surface area contributed by atoms with Crippen molar-refractivity contribution in [2.75, 3.05) is 18.1 Å². The molecule has 0 amide bonds. The molecule has 1 aliphatic rings. The van der Waals surface area contributed by atoms with Gasteiger partial charge in [-0.3, -0.25) is 0 Å².